The van der Waals surface area contributed by atoms with E-state index in [1.54, 1.807) is 42.5 Å². The van der Waals surface area contributed by atoms with Gasteiger partial charge >= 0.3 is 0 Å². The summed E-state index contributed by atoms with van der Waals surface area (Å²) in [6.07, 6.45) is 1.18. The van der Waals surface area contributed by atoms with Gasteiger partial charge in [-0.1, -0.05) is 0 Å². The third kappa shape index (κ3) is 5.69. The smallest absolute Gasteiger partial charge is 0.258 e. The number of carbonyl (C=O) groups is 1. The highest BCUT2D eigenvalue weighted by Gasteiger charge is 2.29. The van der Waals surface area contributed by atoms with Gasteiger partial charge in [0.1, 0.15) is 19.0 Å². The first-order valence-corrected chi connectivity index (χ1v) is 14.2. The molecule has 11 heteroatoms. The molecule has 0 spiro atoms. The Labute approximate surface area is 226 Å². The van der Waals surface area contributed by atoms with Crippen LogP contribution in [0.5, 0.6) is 11.5 Å². The predicted octanol–water partition coefficient (Wildman–Crippen LogP) is 3.86. The minimum Gasteiger partial charge on any atom is -0.486 e. The van der Waals surface area contributed by atoms with Gasteiger partial charge in [0.25, 0.3) is 5.91 Å². The molecule has 2 aliphatic heterocycles. The van der Waals surface area contributed by atoms with Crippen LogP contribution in [-0.4, -0.2) is 65.9 Å². The van der Waals surface area contributed by atoms with Gasteiger partial charge in [-0.15, -0.1) is 0 Å². The fraction of sp³-hybridized carbons (Fsp3) is 0.250. The highest BCUT2D eigenvalue weighted by Crippen LogP contribution is 2.40. The number of nitrogens with one attached hydrogen (secondary N) is 2. The van der Waals surface area contributed by atoms with Gasteiger partial charge in [0.2, 0.25) is 10.0 Å². The molecule has 3 aromatic rings. The maximum atomic E-state index is 13.9. The van der Waals surface area contributed by atoms with E-state index in [1.807, 2.05) is 25.1 Å². The quantitative estimate of drug-likeness (QED) is 0.410. The van der Waals surface area contributed by atoms with Crippen molar-refractivity contribution < 1.29 is 27.1 Å². The van der Waals surface area contributed by atoms with Crippen LogP contribution in [0, 0.1) is 5.82 Å². The van der Waals surface area contributed by atoms with Gasteiger partial charge in [0.05, 0.1) is 28.9 Å². The van der Waals surface area contributed by atoms with E-state index in [2.05, 4.69) is 10.6 Å². The minimum atomic E-state index is -3.49. The van der Waals surface area contributed by atoms with Crippen LogP contribution in [0.2, 0.25) is 0 Å². The van der Waals surface area contributed by atoms with Crippen LogP contribution in [0.3, 0.4) is 0 Å². The highest BCUT2D eigenvalue weighted by atomic mass is 32.2. The van der Waals surface area contributed by atoms with Crippen molar-refractivity contribution in [2.24, 2.45) is 0 Å². The molecule has 0 bridgehead atoms. The predicted molar refractivity (Wildman–Crippen MR) is 150 cm³/mol. The zero-order chi connectivity index (χ0) is 27.7. The Morgan fingerprint density at radius 1 is 0.974 bits per heavy atom. The van der Waals surface area contributed by atoms with Gasteiger partial charge < -0.3 is 25.0 Å². The number of amides is 1. The summed E-state index contributed by atoms with van der Waals surface area (Å²) < 4.78 is 51.6. The van der Waals surface area contributed by atoms with Gasteiger partial charge in [-0.05, 0) is 74.8 Å². The highest BCUT2D eigenvalue weighted by molar-refractivity contribution is 7.92. The van der Waals surface area contributed by atoms with Gasteiger partial charge in [0.15, 0.2) is 11.5 Å². The number of hydrogen-bond donors (Lipinski definition) is 2. The largest absolute Gasteiger partial charge is 0.486 e. The molecule has 0 saturated heterocycles. The number of ether oxygens (including phenoxy) is 2. The van der Waals surface area contributed by atoms with Crippen molar-refractivity contribution >= 4 is 44.3 Å². The summed E-state index contributed by atoms with van der Waals surface area (Å²) in [5, 5.41) is 6.08. The van der Waals surface area contributed by atoms with E-state index in [-0.39, 0.29) is 5.91 Å². The zero-order valence-electron chi connectivity index (χ0n) is 21.8. The van der Waals surface area contributed by atoms with Crippen molar-refractivity contribution in [2.45, 2.75) is 0 Å². The third-order valence-electron chi connectivity index (χ3n) is 6.38. The summed E-state index contributed by atoms with van der Waals surface area (Å²) >= 11 is 0. The number of benzene rings is 3. The Morgan fingerprint density at radius 2 is 1.69 bits per heavy atom. The van der Waals surface area contributed by atoms with Crippen LogP contribution < -0.4 is 24.4 Å². The number of hydrogen-bond acceptors (Lipinski definition) is 7. The number of rotatable bonds is 8. The first-order chi connectivity index (χ1) is 18.6. The maximum Gasteiger partial charge on any atom is 0.258 e. The molecule has 0 atom stereocenters. The average Bonchev–Trinajstić information content (AvgIpc) is 3.21. The van der Waals surface area contributed by atoms with Crippen molar-refractivity contribution in [1.82, 2.24) is 4.90 Å². The van der Waals surface area contributed by atoms with Crippen LogP contribution in [0.15, 0.2) is 60.7 Å². The molecule has 2 aliphatic rings. The molecule has 9 nitrogen and oxygen atoms in total. The fourth-order valence-corrected chi connectivity index (χ4v) is 5.42. The Kier molecular flexibility index (Phi) is 7.19. The van der Waals surface area contributed by atoms with Crippen molar-refractivity contribution in [3.8, 4) is 11.5 Å². The normalized spacial score (nSPS) is 15.6. The number of fused-ring (bicyclic) bond motifs is 2. The number of sulfonamides is 1. The lowest BCUT2D eigenvalue weighted by atomic mass is 9.99. The molecule has 0 unspecified atom stereocenters. The van der Waals surface area contributed by atoms with Crippen molar-refractivity contribution in [3.63, 3.8) is 0 Å². The monoisotopic (exact) mass is 552 g/mol. The summed E-state index contributed by atoms with van der Waals surface area (Å²) in [6.45, 7) is 1.72. The molecule has 0 aliphatic carbocycles. The second-order valence-corrected chi connectivity index (χ2v) is 11.5. The summed E-state index contributed by atoms with van der Waals surface area (Å²) in [7, 11) is 0.271. The van der Waals surface area contributed by atoms with Crippen LogP contribution in [0.1, 0.15) is 11.1 Å². The van der Waals surface area contributed by atoms with Crippen molar-refractivity contribution in [1.29, 1.82) is 0 Å². The lowest BCUT2D eigenvalue weighted by Crippen LogP contribution is -2.35. The molecule has 39 heavy (non-hydrogen) atoms. The zero-order valence-corrected chi connectivity index (χ0v) is 22.6. The first-order valence-electron chi connectivity index (χ1n) is 12.4. The van der Waals surface area contributed by atoms with Crippen LogP contribution in [0.4, 0.5) is 21.5 Å². The van der Waals surface area contributed by atoms with Crippen LogP contribution in [-0.2, 0) is 14.8 Å². The van der Waals surface area contributed by atoms with Gasteiger partial charge in [-0.3, -0.25) is 9.10 Å². The maximum absolute atomic E-state index is 13.9. The average molecular weight is 553 g/mol. The molecule has 0 aromatic heterocycles. The number of halogens is 1. The van der Waals surface area contributed by atoms with E-state index < -0.39 is 15.8 Å². The molecule has 2 heterocycles. The molecule has 204 valence electrons. The molecular weight excluding hydrogens is 523 g/mol. The van der Waals surface area contributed by atoms with Crippen LogP contribution in [0.25, 0.3) is 11.3 Å². The van der Waals surface area contributed by atoms with Crippen LogP contribution >= 0.6 is 0 Å². The summed E-state index contributed by atoms with van der Waals surface area (Å²) in [6, 6.07) is 16.5. The van der Waals surface area contributed by atoms with Crippen molar-refractivity contribution in [3.05, 3.63) is 77.6 Å². The molecule has 2 N–H and O–H groups in total. The summed E-state index contributed by atoms with van der Waals surface area (Å²) in [5.41, 5.74) is 3.58. The fourth-order valence-electron chi connectivity index (χ4n) is 4.50. The summed E-state index contributed by atoms with van der Waals surface area (Å²) in [5.74, 6) is 0.327. The Bertz CT molecular complexity index is 1550. The Hall–Kier alpha value is -4.09. The van der Waals surface area contributed by atoms with E-state index in [0.717, 1.165) is 0 Å². The van der Waals surface area contributed by atoms with Gasteiger partial charge in [-0.25, -0.2) is 12.8 Å². The van der Waals surface area contributed by atoms with Gasteiger partial charge in [0, 0.05) is 29.9 Å². The molecule has 0 fully saturated rings. The minimum absolute atomic E-state index is 0.304. The lowest BCUT2D eigenvalue weighted by Gasteiger charge is -2.24. The third-order valence-corrected chi connectivity index (χ3v) is 7.58. The van der Waals surface area contributed by atoms with Crippen molar-refractivity contribution in [2.75, 3.05) is 61.6 Å². The van der Waals surface area contributed by atoms with E-state index in [4.69, 9.17) is 9.47 Å². The Balaban J connectivity index is 1.55. The standard InChI is InChI=1S/C28H29FN4O5S/c1-32(2)12-13-33(39(3,35)36)21-8-6-20(7-9-21)30-27(18-4-11-24-25(16-18)38-15-14-37-24)26-22-10-5-19(29)17-23(22)31-28(26)34/h4-11,16-17,30H,12-15H2,1-3H3,(H,31,34)/b27-26-. The molecule has 0 radical (unpaired) electrons. The van der Waals surface area contributed by atoms with Gasteiger partial charge in [-0.2, -0.15) is 0 Å². The number of nitrogens with zero attached hydrogens (tertiary/aromatic N) is 2. The first kappa shape index (κ1) is 26.5. The molecule has 5 rings (SSSR count). The number of carbonyl (C=O) groups excluding carboxylic acids is 1. The summed E-state index contributed by atoms with van der Waals surface area (Å²) in [4.78, 5) is 15.1. The lowest BCUT2D eigenvalue weighted by molar-refractivity contribution is -0.110. The van der Waals surface area contributed by atoms with E-state index in [1.165, 1.54) is 22.7 Å². The number of anilines is 3. The second-order valence-electron chi connectivity index (χ2n) is 9.56. The number of likely N-dealkylation sites (N-methyl/N-ethyl adjacent to an activating group) is 1. The molecular formula is C28H29FN4O5S. The molecule has 1 amide bonds. The van der Waals surface area contributed by atoms with E-state index in [0.29, 0.717) is 77.3 Å². The molecule has 3 aromatic carbocycles. The second kappa shape index (κ2) is 10.6. The Morgan fingerprint density at radius 3 is 2.38 bits per heavy atom. The molecule has 0 saturated carbocycles. The topological polar surface area (TPSA) is 100 Å². The van der Waals surface area contributed by atoms with E-state index >= 15 is 0 Å². The SMILES string of the molecule is CN(C)CCN(c1ccc(N/C(=C2\C(=O)Nc3cc(F)ccc32)c2ccc3c(c2)OCCO3)cc1)S(C)(=O)=O. The van der Waals surface area contributed by atoms with E-state index in [9.17, 15) is 17.6 Å².